The summed E-state index contributed by atoms with van der Waals surface area (Å²) in [4.78, 5) is 19.5. The standard InChI is InChI=1S/C41H39N4O.C14H15FGeN.Ir/c1-25-23-36-37(26(2)42-25)44-39(45(36)35-22-19-29(41(3,4)5)24-33(35)27-13-8-6-9-14-27)32-18-12-17-30-31-20-21-34(28-15-10-7-11-16-28)43-40(31)46-38(30)32;1-16(2,3)11-8-9-14(17-10-11)12-6-4-5-7-13(12)15;/h6,8-9,12-14,17,19-24,28H,7,10-11,15-16H2,1-5H3;4-5,7-10H,1-3H3;/q2*-1;. The SMILES string of the molecule is Cc1cc2c(nc(-c3[c-]ccc4c3oc3nc(C5CCCCC5)ccc34)n2-c2ccc(C(C)(C)C)cc2-c2ccccc2)c(C)n1.[CH3][Ge]([CH3])([CH3])[c]1ccc(-c2[c-]cccc2F)nc1.[Ir]. The molecule has 4 aromatic carbocycles. The van der Waals surface area contributed by atoms with E-state index in [1.807, 2.05) is 32.2 Å². The number of aryl methyl sites for hydroxylation is 2. The zero-order chi connectivity index (χ0) is 44.0. The van der Waals surface area contributed by atoms with Gasteiger partial charge >= 0.3 is 104 Å². The van der Waals surface area contributed by atoms with E-state index in [2.05, 4.69) is 139 Å². The molecule has 1 radical (unpaired) electrons. The molecule has 0 N–H and O–H groups in total. The van der Waals surface area contributed by atoms with E-state index in [4.69, 9.17) is 19.4 Å². The molecule has 10 rings (SSSR count). The fraction of sp³-hybridized carbons (Fsp3) is 0.273. The number of furan rings is 1. The summed E-state index contributed by atoms with van der Waals surface area (Å²) >= 11 is -1.83. The monoisotopic (exact) mass is 1090 g/mol. The molecule has 5 aromatic heterocycles. The molecule has 1 aliphatic carbocycles. The van der Waals surface area contributed by atoms with Crippen molar-refractivity contribution in [2.75, 3.05) is 0 Å². The first kappa shape index (κ1) is 45.3. The molecular weight excluding hydrogens is 1030 g/mol. The maximum atomic E-state index is 13.6. The van der Waals surface area contributed by atoms with Crippen molar-refractivity contribution in [2.45, 2.75) is 95.3 Å². The quantitative estimate of drug-likeness (QED) is 0.123. The molecule has 9 heteroatoms. The molecule has 0 bridgehead atoms. The smallest absolute Gasteiger partial charge is 0 e. The average molecular weight is 1080 g/mol. The summed E-state index contributed by atoms with van der Waals surface area (Å²) < 4.78 is 23.8. The second-order valence-corrected chi connectivity index (χ2v) is 29.7. The Kier molecular flexibility index (Phi) is 13.0. The summed E-state index contributed by atoms with van der Waals surface area (Å²) in [6.45, 7) is 10.9. The van der Waals surface area contributed by atoms with Crippen LogP contribution in [0.4, 0.5) is 4.39 Å². The fourth-order valence-electron chi connectivity index (χ4n) is 8.86. The van der Waals surface area contributed by atoms with E-state index in [0.29, 0.717) is 22.9 Å². The Morgan fingerprint density at radius 1 is 0.766 bits per heavy atom. The van der Waals surface area contributed by atoms with Gasteiger partial charge in [-0.25, -0.2) is 4.98 Å². The van der Waals surface area contributed by atoms with Gasteiger partial charge in [0.15, 0.2) is 0 Å². The number of benzene rings is 4. The van der Waals surface area contributed by atoms with Crippen LogP contribution in [0.1, 0.15) is 81.4 Å². The van der Waals surface area contributed by atoms with Crippen molar-refractivity contribution >= 4 is 50.8 Å². The van der Waals surface area contributed by atoms with Gasteiger partial charge in [-0.3, -0.25) is 9.97 Å². The molecule has 0 saturated heterocycles. The number of imidazole rings is 1. The molecule has 0 amide bonds. The van der Waals surface area contributed by atoms with Gasteiger partial charge in [0.05, 0.1) is 28.1 Å². The van der Waals surface area contributed by atoms with E-state index in [0.717, 1.165) is 72.7 Å². The number of nitrogens with zero attached hydrogens (tertiary/aromatic N) is 5. The van der Waals surface area contributed by atoms with Crippen LogP contribution in [0.25, 0.3) is 72.6 Å². The van der Waals surface area contributed by atoms with Crippen LogP contribution in [0.3, 0.4) is 0 Å². The van der Waals surface area contributed by atoms with Gasteiger partial charge in [0.1, 0.15) is 0 Å². The molecule has 0 unspecified atom stereocenters. The molecular formula is C55H54FGeIrN5O-2. The molecule has 6 nitrogen and oxygen atoms in total. The normalized spacial score (nSPS) is 13.5. The summed E-state index contributed by atoms with van der Waals surface area (Å²) in [6, 6.07) is 43.3. The van der Waals surface area contributed by atoms with Crippen molar-refractivity contribution < 1.29 is 28.9 Å². The van der Waals surface area contributed by atoms with Gasteiger partial charge < -0.3 is 8.98 Å². The fourth-order valence-corrected chi connectivity index (χ4v) is 11.0. The van der Waals surface area contributed by atoms with E-state index < -0.39 is 13.3 Å². The summed E-state index contributed by atoms with van der Waals surface area (Å²) in [7, 11) is 0. The van der Waals surface area contributed by atoms with Gasteiger partial charge in [-0.1, -0.05) is 87.4 Å². The molecule has 0 aliphatic heterocycles. The van der Waals surface area contributed by atoms with Crippen LogP contribution in [0.15, 0.2) is 120 Å². The first-order valence-electron chi connectivity index (χ1n) is 22.2. The summed E-state index contributed by atoms with van der Waals surface area (Å²) in [6.07, 6.45) is 8.15. The zero-order valence-corrected chi connectivity index (χ0v) is 42.4. The number of hydrogen-bond donors (Lipinski definition) is 0. The molecule has 1 fully saturated rings. The van der Waals surface area contributed by atoms with Gasteiger partial charge in [0, 0.05) is 54.0 Å². The number of halogens is 1. The Morgan fingerprint density at radius 3 is 2.23 bits per heavy atom. The van der Waals surface area contributed by atoms with Gasteiger partial charge in [0.25, 0.3) is 0 Å². The Labute approximate surface area is 392 Å². The second kappa shape index (κ2) is 18.3. The Hall–Kier alpha value is -5.28. The van der Waals surface area contributed by atoms with Crippen molar-refractivity contribution in [3.63, 3.8) is 0 Å². The van der Waals surface area contributed by atoms with Crippen LogP contribution in [-0.2, 0) is 25.5 Å². The first-order valence-corrected chi connectivity index (χ1v) is 29.5. The van der Waals surface area contributed by atoms with Crippen LogP contribution in [0.2, 0.25) is 17.3 Å². The molecule has 9 aromatic rings. The molecule has 0 atom stereocenters. The number of pyridine rings is 3. The van der Waals surface area contributed by atoms with Crippen molar-refractivity contribution in [2.24, 2.45) is 0 Å². The maximum absolute atomic E-state index is 13.6. The first-order chi connectivity index (χ1) is 30.2. The van der Waals surface area contributed by atoms with Crippen LogP contribution in [-0.4, -0.2) is 37.8 Å². The van der Waals surface area contributed by atoms with Crippen LogP contribution >= 0.6 is 0 Å². The average Bonchev–Trinajstić information content (AvgIpc) is 3.85. The van der Waals surface area contributed by atoms with Crippen molar-refractivity contribution in [3.8, 4) is 39.5 Å². The number of aromatic nitrogens is 5. The van der Waals surface area contributed by atoms with Crippen molar-refractivity contribution in [3.05, 3.63) is 156 Å². The number of rotatable bonds is 6. The van der Waals surface area contributed by atoms with Gasteiger partial charge in [-0.05, 0) is 73.6 Å². The third-order valence-corrected chi connectivity index (χ3v) is 16.6. The van der Waals surface area contributed by atoms with E-state index in [1.54, 1.807) is 12.1 Å². The minimum Gasteiger partial charge on any atom is 0 e. The summed E-state index contributed by atoms with van der Waals surface area (Å²) in [5.74, 6) is 7.95. The molecule has 0 spiro atoms. The molecule has 1 aliphatic rings. The number of fused-ring (bicyclic) bond motifs is 4. The topological polar surface area (TPSA) is 69.6 Å². The predicted molar refractivity (Wildman–Crippen MR) is 259 cm³/mol. The van der Waals surface area contributed by atoms with Gasteiger partial charge in [-0.2, -0.15) is 0 Å². The second-order valence-electron chi connectivity index (χ2n) is 19.0. The minimum absolute atomic E-state index is 0. The zero-order valence-electron chi connectivity index (χ0n) is 37.9. The van der Waals surface area contributed by atoms with Crippen molar-refractivity contribution in [1.29, 1.82) is 0 Å². The molecule has 64 heavy (non-hydrogen) atoms. The van der Waals surface area contributed by atoms with E-state index in [9.17, 15) is 4.39 Å². The largest absolute Gasteiger partial charge is 0 e. The Morgan fingerprint density at radius 2 is 1.53 bits per heavy atom. The summed E-state index contributed by atoms with van der Waals surface area (Å²) in [5.41, 5.74) is 12.9. The van der Waals surface area contributed by atoms with Crippen LogP contribution in [0.5, 0.6) is 0 Å². The maximum Gasteiger partial charge on any atom is 0 e. The number of hydrogen-bond acceptors (Lipinski definition) is 5. The van der Waals surface area contributed by atoms with Gasteiger partial charge in [0.2, 0.25) is 5.71 Å². The Balaban J connectivity index is 0.000000262. The minimum atomic E-state index is -1.83. The molecule has 5 heterocycles. The van der Waals surface area contributed by atoms with Crippen molar-refractivity contribution in [1.82, 2.24) is 24.5 Å². The van der Waals surface area contributed by atoms with Crippen LogP contribution in [0, 0.1) is 31.8 Å². The van der Waals surface area contributed by atoms with Crippen LogP contribution < -0.4 is 4.40 Å². The van der Waals surface area contributed by atoms with E-state index in [-0.39, 0.29) is 31.3 Å². The third kappa shape index (κ3) is 9.02. The molecule has 327 valence electrons. The van der Waals surface area contributed by atoms with Gasteiger partial charge in [-0.15, -0.1) is 18.2 Å². The van der Waals surface area contributed by atoms with E-state index >= 15 is 0 Å². The predicted octanol–water partition coefficient (Wildman–Crippen LogP) is 14.0. The Bertz CT molecular complexity index is 3100. The summed E-state index contributed by atoms with van der Waals surface area (Å²) in [5, 5.41) is 2.06. The van der Waals surface area contributed by atoms with E-state index in [1.165, 1.54) is 48.1 Å². The third-order valence-electron chi connectivity index (χ3n) is 12.4. The molecule has 1 saturated carbocycles.